The fraction of sp³-hybridized carbons (Fsp3) is 1.00. The van der Waals surface area contributed by atoms with Crippen molar-refractivity contribution in [2.45, 2.75) is 58.5 Å². The maximum absolute atomic E-state index is 12.2. The van der Waals surface area contributed by atoms with Crippen molar-refractivity contribution in [1.82, 2.24) is 0 Å². The summed E-state index contributed by atoms with van der Waals surface area (Å²) in [6, 6.07) is 0. The zero-order valence-electron chi connectivity index (χ0n) is 10.3. The molecule has 0 saturated carbocycles. The van der Waals surface area contributed by atoms with Crippen molar-refractivity contribution in [2.75, 3.05) is 0 Å². The largest absolute Gasteiger partial charge is 0.228 e. The Morgan fingerprint density at radius 1 is 0.929 bits per heavy atom. The molecular weight excluding hydrogens is 196 g/mol. The summed E-state index contributed by atoms with van der Waals surface area (Å²) in [5.41, 5.74) is -0.367. The van der Waals surface area contributed by atoms with Crippen LogP contribution in [-0.2, 0) is 9.84 Å². The standard InChI is InChI=1S/C11H22O2S/c1-8-9(2,3)10(4,5)11(6,7)14(8,12)13/h8H,1-7H3. The minimum Gasteiger partial charge on any atom is -0.228 e. The van der Waals surface area contributed by atoms with E-state index in [9.17, 15) is 8.42 Å². The molecule has 0 spiro atoms. The molecule has 1 unspecified atom stereocenters. The van der Waals surface area contributed by atoms with Gasteiger partial charge in [-0.15, -0.1) is 0 Å². The van der Waals surface area contributed by atoms with Crippen molar-refractivity contribution in [3.63, 3.8) is 0 Å². The van der Waals surface area contributed by atoms with Gasteiger partial charge in [-0.3, -0.25) is 0 Å². The minimum absolute atomic E-state index is 0.171. The van der Waals surface area contributed by atoms with Crippen LogP contribution in [-0.4, -0.2) is 18.4 Å². The first-order valence-electron chi connectivity index (χ1n) is 5.14. The van der Waals surface area contributed by atoms with E-state index in [2.05, 4.69) is 27.7 Å². The molecular formula is C11H22O2S. The average Bonchev–Trinajstić information content (AvgIpc) is 2.05. The first-order valence-corrected chi connectivity index (χ1v) is 6.69. The van der Waals surface area contributed by atoms with Gasteiger partial charge in [-0.1, -0.05) is 27.7 Å². The Kier molecular flexibility index (Phi) is 2.19. The Labute approximate surface area is 88.0 Å². The van der Waals surface area contributed by atoms with Gasteiger partial charge in [0.1, 0.15) is 0 Å². The van der Waals surface area contributed by atoms with E-state index in [0.29, 0.717) is 0 Å². The first kappa shape index (κ1) is 12.0. The third-order valence-electron chi connectivity index (χ3n) is 5.31. The lowest BCUT2D eigenvalue weighted by Crippen LogP contribution is -2.44. The van der Waals surface area contributed by atoms with Crippen LogP contribution in [0, 0.1) is 10.8 Å². The van der Waals surface area contributed by atoms with Gasteiger partial charge < -0.3 is 0 Å². The monoisotopic (exact) mass is 218 g/mol. The Bertz CT molecular complexity index is 347. The quantitative estimate of drug-likeness (QED) is 0.626. The molecule has 1 saturated heterocycles. The van der Waals surface area contributed by atoms with Crippen LogP contribution in [0.4, 0.5) is 0 Å². The van der Waals surface area contributed by atoms with Gasteiger partial charge >= 0.3 is 0 Å². The van der Waals surface area contributed by atoms with Crippen LogP contribution in [0.3, 0.4) is 0 Å². The van der Waals surface area contributed by atoms with Crippen molar-refractivity contribution in [3.05, 3.63) is 0 Å². The predicted molar refractivity (Wildman–Crippen MR) is 60.0 cm³/mol. The third-order valence-corrected chi connectivity index (χ3v) is 8.76. The lowest BCUT2D eigenvalue weighted by Gasteiger charge is -2.42. The van der Waals surface area contributed by atoms with Crippen molar-refractivity contribution in [3.8, 4) is 0 Å². The minimum atomic E-state index is -3.02. The molecule has 1 aliphatic rings. The fourth-order valence-electron chi connectivity index (χ4n) is 2.47. The maximum Gasteiger partial charge on any atom is 0.159 e. The Morgan fingerprint density at radius 2 is 1.29 bits per heavy atom. The summed E-state index contributed by atoms with van der Waals surface area (Å²) in [4.78, 5) is 0. The highest BCUT2D eigenvalue weighted by molar-refractivity contribution is 7.93. The highest BCUT2D eigenvalue weighted by atomic mass is 32.2. The average molecular weight is 218 g/mol. The van der Waals surface area contributed by atoms with Crippen LogP contribution in [0.15, 0.2) is 0 Å². The zero-order valence-corrected chi connectivity index (χ0v) is 11.1. The molecule has 0 aromatic carbocycles. The summed E-state index contributed by atoms with van der Waals surface area (Å²) < 4.78 is 23.9. The SMILES string of the molecule is CC1C(C)(C)C(C)(C)C(C)(C)S1(=O)=O. The molecule has 0 radical (unpaired) electrons. The molecule has 2 nitrogen and oxygen atoms in total. The fourth-order valence-corrected chi connectivity index (χ4v) is 5.40. The van der Waals surface area contributed by atoms with E-state index in [1.54, 1.807) is 0 Å². The topological polar surface area (TPSA) is 34.1 Å². The van der Waals surface area contributed by atoms with Crippen molar-refractivity contribution >= 4 is 9.84 Å². The van der Waals surface area contributed by atoms with E-state index in [1.165, 1.54) is 0 Å². The van der Waals surface area contributed by atoms with Crippen molar-refractivity contribution < 1.29 is 8.42 Å². The Balaban J connectivity index is 3.55. The maximum atomic E-state index is 12.2. The van der Waals surface area contributed by atoms with Gasteiger partial charge in [0.25, 0.3) is 0 Å². The van der Waals surface area contributed by atoms with Crippen molar-refractivity contribution in [1.29, 1.82) is 0 Å². The molecule has 0 amide bonds. The molecule has 1 aliphatic heterocycles. The van der Waals surface area contributed by atoms with Gasteiger partial charge in [-0.25, -0.2) is 8.42 Å². The molecule has 0 aliphatic carbocycles. The van der Waals surface area contributed by atoms with Gasteiger partial charge in [0.2, 0.25) is 0 Å². The summed E-state index contributed by atoms with van der Waals surface area (Å²) in [5, 5.41) is -0.264. The molecule has 0 bridgehead atoms. The summed E-state index contributed by atoms with van der Waals surface area (Å²) in [6.07, 6.45) is 0. The van der Waals surface area contributed by atoms with Gasteiger partial charge in [0.05, 0.1) is 10.00 Å². The molecule has 1 heterocycles. The number of sulfone groups is 1. The van der Waals surface area contributed by atoms with E-state index in [0.717, 1.165) is 0 Å². The lowest BCUT2D eigenvalue weighted by molar-refractivity contribution is 0.0977. The van der Waals surface area contributed by atoms with Crippen LogP contribution in [0.1, 0.15) is 48.5 Å². The normalized spacial score (nSPS) is 36.9. The molecule has 1 rings (SSSR count). The van der Waals surface area contributed by atoms with E-state index >= 15 is 0 Å². The molecule has 1 atom stereocenters. The number of hydrogen-bond acceptors (Lipinski definition) is 2. The summed E-state index contributed by atoms with van der Waals surface area (Å²) in [5.74, 6) is 0. The van der Waals surface area contributed by atoms with Crippen LogP contribution < -0.4 is 0 Å². The van der Waals surface area contributed by atoms with Crippen LogP contribution in [0.5, 0.6) is 0 Å². The summed E-state index contributed by atoms with van der Waals surface area (Å²) >= 11 is 0. The van der Waals surface area contributed by atoms with Gasteiger partial charge in [-0.2, -0.15) is 0 Å². The van der Waals surface area contributed by atoms with Gasteiger partial charge in [0, 0.05) is 0 Å². The van der Waals surface area contributed by atoms with Gasteiger partial charge in [0.15, 0.2) is 9.84 Å². The smallest absolute Gasteiger partial charge is 0.159 e. The van der Waals surface area contributed by atoms with E-state index in [1.807, 2.05) is 20.8 Å². The molecule has 14 heavy (non-hydrogen) atoms. The molecule has 0 N–H and O–H groups in total. The summed E-state index contributed by atoms with van der Waals surface area (Å²) in [6.45, 7) is 13.8. The lowest BCUT2D eigenvalue weighted by atomic mass is 9.61. The Hall–Kier alpha value is -0.0500. The number of rotatable bonds is 0. The zero-order chi connectivity index (χ0) is 11.6. The van der Waals surface area contributed by atoms with Crippen LogP contribution >= 0.6 is 0 Å². The highest BCUT2D eigenvalue weighted by Gasteiger charge is 2.66. The van der Waals surface area contributed by atoms with E-state index in [-0.39, 0.29) is 16.1 Å². The second-order valence-corrected chi connectivity index (χ2v) is 8.86. The van der Waals surface area contributed by atoms with Crippen LogP contribution in [0.25, 0.3) is 0 Å². The third kappa shape index (κ3) is 0.944. The molecule has 84 valence electrons. The van der Waals surface area contributed by atoms with E-state index < -0.39 is 14.6 Å². The Morgan fingerprint density at radius 3 is 1.36 bits per heavy atom. The number of hydrogen-bond donors (Lipinski definition) is 0. The first-order chi connectivity index (χ1) is 5.90. The molecule has 0 aromatic heterocycles. The highest BCUT2D eigenvalue weighted by Crippen LogP contribution is 2.60. The summed E-state index contributed by atoms with van der Waals surface area (Å²) in [7, 11) is -3.02. The van der Waals surface area contributed by atoms with Crippen LogP contribution in [0.2, 0.25) is 0 Å². The second kappa shape index (κ2) is 2.55. The van der Waals surface area contributed by atoms with Gasteiger partial charge in [-0.05, 0) is 31.6 Å². The van der Waals surface area contributed by atoms with Crippen molar-refractivity contribution in [2.24, 2.45) is 10.8 Å². The molecule has 0 aromatic rings. The second-order valence-electron chi connectivity index (χ2n) is 6.04. The predicted octanol–water partition coefficient (Wildman–Crippen LogP) is 2.63. The molecule has 1 fully saturated rings. The molecule has 3 heteroatoms. The van der Waals surface area contributed by atoms with E-state index in [4.69, 9.17) is 0 Å².